The van der Waals surface area contributed by atoms with E-state index in [0.717, 1.165) is 19.5 Å². The van der Waals surface area contributed by atoms with Gasteiger partial charge < -0.3 is 19.5 Å². The van der Waals surface area contributed by atoms with E-state index in [-0.39, 0.29) is 18.6 Å². The number of amides is 1. The molecule has 1 saturated heterocycles. The maximum Gasteiger partial charge on any atom is 0.260 e. The largest absolute Gasteiger partial charge is 0.493 e. The van der Waals surface area contributed by atoms with Gasteiger partial charge in [-0.15, -0.1) is 0 Å². The highest BCUT2D eigenvalue weighted by Gasteiger charge is 2.22. The van der Waals surface area contributed by atoms with Gasteiger partial charge in [0.15, 0.2) is 18.1 Å². The molecule has 0 unspecified atom stereocenters. The summed E-state index contributed by atoms with van der Waals surface area (Å²) < 4.78 is 10.8. The second-order valence-electron chi connectivity index (χ2n) is 5.68. The van der Waals surface area contributed by atoms with E-state index < -0.39 is 0 Å². The number of hydrogen-bond donors (Lipinski definition) is 1. The monoisotopic (exact) mass is 322 g/mol. The van der Waals surface area contributed by atoms with E-state index in [2.05, 4.69) is 4.90 Å². The number of para-hydroxylation sites is 2. The van der Waals surface area contributed by atoms with Crippen LogP contribution in [-0.4, -0.2) is 73.4 Å². The summed E-state index contributed by atoms with van der Waals surface area (Å²) in [4.78, 5) is 16.3. The molecular formula is C17H26N2O4. The van der Waals surface area contributed by atoms with Gasteiger partial charge in [0, 0.05) is 32.7 Å². The van der Waals surface area contributed by atoms with Crippen molar-refractivity contribution in [2.45, 2.75) is 19.4 Å². The average molecular weight is 322 g/mol. The first kappa shape index (κ1) is 17.6. The number of nitrogens with zero attached hydrogens (tertiary/aromatic N) is 2. The minimum absolute atomic E-state index is 0.0119. The van der Waals surface area contributed by atoms with Crippen LogP contribution in [0.4, 0.5) is 0 Å². The lowest BCUT2D eigenvalue weighted by Crippen LogP contribution is -2.51. The summed E-state index contributed by atoms with van der Waals surface area (Å²) in [6.45, 7) is 5.58. The molecule has 1 amide bonds. The Bertz CT molecular complexity index is 501. The number of ether oxygens (including phenoxy) is 2. The molecule has 1 aliphatic heterocycles. The molecule has 1 aromatic carbocycles. The number of piperazine rings is 1. The van der Waals surface area contributed by atoms with Crippen LogP contribution in [0.1, 0.15) is 13.3 Å². The molecule has 0 aromatic heterocycles. The van der Waals surface area contributed by atoms with Crippen LogP contribution in [0.25, 0.3) is 0 Å². The van der Waals surface area contributed by atoms with Gasteiger partial charge in [0.2, 0.25) is 0 Å². The van der Waals surface area contributed by atoms with Gasteiger partial charge in [0.25, 0.3) is 5.91 Å². The van der Waals surface area contributed by atoms with Crippen LogP contribution < -0.4 is 9.47 Å². The van der Waals surface area contributed by atoms with Gasteiger partial charge in [-0.3, -0.25) is 9.69 Å². The fourth-order valence-electron chi connectivity index (χ4n) is 2.58. The second kappa shape index (κ2) is 8.74. The van der Waals surface area contributed by atoms with Crippen molar-refractivity contribution in [2.75, 3.05) is 46.4 Å². The Morgan fingerprint density at radius 2 is 1.87 bits per heavy atom. The Hall–Kier alpha value is -1.79. The second-order valence-corrected chi connectivity index (χ2v) is 5.68. The lowest BCUT2D eigenvalue weighted by Gasteiger charge is -2.35. The number of aliphatic hydroxyl groups is 1. The number of hydrogen-bond acceptors (Lipinski definition) is 5. The van der Waals surface area contributed by atoms with E-state index in [1.54, 1.807) is 19.2 Å². The van der Waals surface area contributed by atoms with Gasteiger partial charge in [-0.2, -0.15) is 0 Å². The summed E-state index contributed by atoms with van der Waals surface area (Å²) in [6, 6.07) is 7.30. The van der Waals surface area contributed by atoms with Crippen molar-refractivity contribution in [1.29, 1.82) is 0 Å². The Kier molecular flexibility index (Phi) is 6.67. The molecular weight excluding hydrogens is 296 g/mol. The molecule has 23 heavy (non-hydrogen) atoms. The van der Waals surface area contributed by atoms with Crippen LogP contribution >= 0.6 is 0 Å². The number of carbonyl (C=O) groups is 1. The molecule has 0 bridgehead atoms. The number of benzene rings is 1. The van der Waals surface area contributed by atoms with Gasteiger partial charge in [0.1, 0.15) is 0 Å². The van der Waals surface area contributed by atoms with Crippen LogP contribution in [-0.2, 0) is 4.79 Å². The SMILES string of the molecule is CC[C@@H](O)CN1CCN(C(=O)COc2ccccc2OC)CC1. The first-order valence-electron chi connectivity index (χ1n) is 8.08. The number of methoxy groups -OCH3 is 1. The van der Waals surface area contributed by atoms with Crippen molar-refractivity contribution in [2.24, 2.45) is 0 Å². The molecule has 6 heteroatoms. The number of carbonyl (C=O) groups excluding carboxylic acids is 1. The molecule has 1 aliphatic rings. The molecule has 2 rings (SSSR count). The standard InChI is InChI=1S/C17H26N2O4/c1-3-14(20)12-18-8-10-19(11-9-18)17(21)13-23-16-7-5-4-6-15(16)22-2/h4-7,14,20H,3,8-13H2,1-2H3/t14-/m1/s1. The van der Waals surface area contributed by atoms with E-state index in [4.69, 9.17) is 9.47 Å². The Balaban J connectivity index is 1.77. The average Bonchev–Trinajstić information content (AvgIpc) is 2.60. The number of rotatable bonds is 7. The third-order valence-electron chi connectivity index (χ3n) is 4.09. The summed E-state index contributed by atoms with van der Waals surface area (Å²) in [5.41, 5.74) is 0. The highest BCUT2D eigenvalue weighted by Crippen LogP contribution is 2.25. The topological polar surface area (TPSA) is 62.2 Å². The lowest BCUT2D eigenvalue weighted by molar-refractivity contribution is -0.135. The van der Waals surface area contributed by atoms with Crippen LogP contribution in [0.5, 0.6) is 11.5 Å². The van der Waals surface area contributed by atoms with Crippen molar-refractivity contribution < 1.29 is 19.4 Å². The zero-order valence-corrected chi connectivity index (χ0v) is 13.9. The van der Waals surface area contributed by atoms with E-state index >= 15 is 0 Å². The predicted octanol–water partition coefficient (Wildman–Crippen LogP) is 0.989. The predicted molar refractivity (Wildman–Crippen MR) is 87.8 cm³/mol. The molecule has 0 saturated carbocycles. The highest BCUT2D eigenvalue weighted by molar-refractivity contribution is 5.78. The Labute approximate surface area is 137 Å². The summed E-state index contributed by atoms with van der Waals surface area (Å²) in [7, 11) is 1.58. The number of β-amino-alcohol motifs (C(OH)–C–C–N with tert-alkyl or cyclic N) is 1. The van der Waals surface area contributed by atoms with Gasteiger partial charge in [-0.1, -0.05) is 19.1 Å². The summed E-state index contributed by atoms with van der Waals surface area (Å²) in [5.74, 6) is 1.18. The fraction of sp³-hybridized carbons (Fsp3) is 0.588. The van der Waals surface area contributed by atoms with Gasteiger partial charge in [-0.25, -0.2) is 0 Å². The first-order chi connectivity index (χ1) is 11.1. The molecule has 1 N–H and O–H groups in total. The van der Waals surface area contributed by atoms with Crippen LogP contribution in [0.3, 0.4) is 0 Å². The Morgan fingerprint density at radius 3 is 2.48 bits per heavy atom. The zero-order valence-electron chi connectivity index (χ0n) is 13.9. The van der Waals surface area contributed by atoms with Crippen LogP contribution in [0.2, 0.25) is 0 Å². The third kappa shape index (κ3) is 5.11. The lowest BCUT2D eigenvalue weighted by atomic mass is 10.2. The highest BCUT2D eigenvalue weighted by atomic mass is 16.5. The zero-order chi connectivity index (χ0) is 16.7. The summed E-state index contributed by atoms with van der Waals surface area (Å²) >= 11 is 0. The third-order valence-corrected chi connectivity index (χ3v) is 4.09. The van der Waals surface area contributed by atoms with Crippen molar-refractivity contribution >= 4 is 5.91 Å². The normalized spacial score (nSPS) is 16.9. The summed E-state index contributed by atoms with van der Waals surface area (Å²) in [6.07, 6.45) is 0.470. The maximum atomic E-state index is 12.2. The van der Waals surface area contributed by atoms with E-state index in [1.165, 1.54) is 0 Å². The minimum Gasteiger partial charge on any atom is -0.493 e. The quantitative estimate of drug-likeness (QED) is 0.811. The molecule has 6 nitrogen and oxygen atoms in total. The van der Waals surface area contributed by atoms with Crippen molar-refractivity contribution in [1.82, 2.24) is 9.80 Å². The van der Waals surface area contributed by atoms with Gasteiger partial charge >= 0.3 is 0 Å². The van der Waals surface area contributed by atoms with Crippen molar-refractivity contribution in [3.63, 3.8) is 0 Å². The summed E-state index contributed by atoms with van der Waals surface area (Å²) in [5, 5.41) is 9.69. The molecule has 1 aromatic rings. The molecule has 128 valence electrons. The van der Waals surface area contributed by atoms with Crippen molar-refractivity contribution in [3.05, 3.63) is 24.3 Å². The smallest absolute Gasteiger partial charge is 0.260 e. The molecule has 1 heterocycles. The first-order valence-corrected chi connectivity index (χ1v) is 8.08. The van der Waals surface area contributed by atoms with Crippen molar-refractivity contribution in [3.8, 4) is 11.5 Å². The Morgan fingerprint density at radius 1 is 1.22 bits per heavy atom. The fourth-order valence-corrected chi connectivity index (χ4v) is 2.58. The maximum absolute atomic E-state index is 12.2. The molecule has 1 fully saturated rings. The minimum atomic E-state index is -0.286. The number of aliphatic hydroxyl groups excluding tert-OH is 1. The van der Waals surface area contributed by atoms with E-state index in [1.807, 2.05) is 24.0 Å². The van der Waals surface area contributed by atoms with Gasteiger partial charge in [0.05, 0.1) is 13.2 Å². The van der Waals surface area contributed by atoms with Gasteiger partial charge in [-0.05, 0) is 18.6 Å². The molecule has 0 aliphatic carbocycles. The van der Waals surface area contributed by atoms with Crippen LogP contribution in [0.15, 0.2) is 24.3 Å². The molecule has 1 atom stereocenters. The van der Waals surface area contributed by atoms with Crippen LogP contribution in [0, 0.1) is 0 Å². The van der Waals surface area contributed by atoms with E-state index in [0.29, 0.717) is 31.1 Å². The van der Waals surface area contributed by atoms with E-state index in [9.17, 15) is 9.90 Å². The molecule has 0 spiro atoms. The molecule has 0 radical (unpaired) electrons.